The largest absolute Gasteiger partial charge is 0.493 e. The number of carbonyl (C=O) groups is 3. The van der Waals surface area contributed by atoms with E-state index in [-0.39, 0.29) is 31.0 Å². The maximum absolute atomic E-state index is 12.2. The van der Waals surface area contributed by atoms with Crippen LogP contribution in [-0.2, 0) is 23.9 Å². The first-order chi connectivity index (χ1) is 14.0. The third kappa shape index (κ3) is 6.51. The summed E-state index contributed by atoms with van der Waals surface area (Å²) in [5.74, 6) is -0.478. The summed E-state index contributed by atoms with van der Waals surface area (Å²) < 4.78 is 20.5. The van der Waals surface area contributed by atoms with E-state index in [0.717, 1.165) is 5.56 Å². The van der Waals surface area contributed by atoms with Crippen LogP contribution in [0.4, 0.5) is 0 Å². The Labute approximate surface area is 170 Å². The fraction of sp³-hybridized carbons (Fsp3) is 0.476. The van der Waals surface area contributed by atoms with Crippen molar-refractivity contribution in [3.05, 3.63) is 29.8 Å². The van der Waals surface area contributed by atoms with Gasteiger partial charge in [0.15, 0.2) is 24.7 Å². The SMILES string of the molecule is C/C=C/c1ccc(OCC(=O)OCC(=O)N2CCC(C(=O)OC)CC2)c(OC)c1. The van der Waals surface area contributed by atoms with E-state index < -0.39 is 5.97 Å². The van der Waals surface area contributed by atoms with Crippen LogP contribution >= 0.6 is 0 Å². The van der Waals surface area contributed by atoms with Crippen LogP contribution in [0.3, 0.4) is 0 Å². The van der Waals surface area contributed by atoms with E-state index in [4.69, 9.17) is 18.9 Å². The summed E-state index contributed by atoms with van der Waals surface area (Å²) in [6.45, 7) is 2.08. The lowest BCUT2D eigenvalue weighted by Crippen LogP contribution is -2.42. The summed E-state index contributed by atoms with van der Waals surface area (Å²) >= 11 is 0. The highest BCUT2D eigenvalue weighted by molar-refractivity contribution is 5.81. The monoisotopic (exact) mass is 405 g/mol. The van der Waals surface area contributed by atoms with E-state index in [1.807, 2.05) is 25.1 Å². The van der Waals surface area contributed by atoms with Crippen molar-refractivity contribution in [1.29, 1.82) is 0 Å². The van der Waals surface area contributed by atoms with Crippen LogP contribution in [0.15, 0.2) is 24.3 Å². The summed E-state index contributed by atoms with van der Waals surface area (Å²) in [5.41, 5.74) is 0.945. The molecule has 0 aromatic heterocycles. The van der Waals surface area contributed by atoms with Gasteiger partial charge in [-0.25, -0.2) is 4.79 Å². The molecule has 0 unspecified atom stereocenters. The van der Waals surface area contributed by atoms with Crippen molar-refractivity contribution < 1.29 is 33.3 Å². The first-order valence-electron chi connectivity index (χ1n) is 9.43. The van der Waals surface area contributed by atoms with Crippen molar-refractivity contribution >= 4 is 23.9 Å². The molecule has 158 valence electrons. The zero-order chi connectivity index (χ0) is 21.2. The fourth-order valence-electron chi connectivity index (χ4n) is 3.04. The van der Waals surface area contributed by atoms with Crippen LogP contribution in [-0.4, -0.2) is 63.3 Å². The predicted molar refractivity (Wildman–Crippen MR) is 105 cm³/mol. The molecule has 29 heavy (non-hydrogen) atoms. The molecule has 0 bridgehead atoms. The number of amides is 1. The van der Waals surface area contributed by atoms with Gasteiger partial charge in [0, 0.05) is 13.1 Å². The van der Waals surface area contributed by atoms with Crippen molar-refractivity contribution in [3.8, 4) is 11.5 Å². The minimum absolute atomic E-state index is 0.186. The number of hydrogen-bond donors (Lipinski definition) is 0. The minimum atomic E-state index is -0.651. The van der Waals surface area contributed by atoms with Crippen molar-refractivity contribution in [2.45, 2.75) is 19.8 Å². The standard InChI is InChI=1S/C21H27NO7/c1-4-5-15-6-7-17(18(12-15)26-2)28-14-20(24)29-13-19(23)22-10-8-16(9-11-22)21(25)27-3/h4-7,12,16H,8-11,13-14H2,1-3H3/b5-4+. The first kappa shape index (κ1) is 22.3. The molecule has 1 aromatic rings. The molecule has 1 saturated heterocycles. The third-order valence-electron chi connectivity index (χ3n) is 4.63. The molecule has 1 heterocycles. The van der Waals surface area contributed by atoms with Gasteiger partial charge < -0.3 is 23.8 Å². The number of rotatable bonds is 8. The van der Waals surface area contributed by atoms with E-state index in [9.17, 15) is 14.4 Å². The molecule has 0 radical (unpaired) electrons. The number of likely N-dealkylation sites (tertiary alicyclic amines) is 1. The van der Waals surface area contributed by atoms with E-state index in [2.05, 4.69) is 0 Å². The molecule has 1 aliphatic rings. The van der Waals surface area contributed by atoms with Gasteiger partial charge in [0.25, 0.3) is 5.91 Å². The molecule has 8 nitrogen and oxygen atoms in total. The van der Waals surface area contributed by atoms with Gasteiger partial charge in [0.2, 0.25) is 0 Å². The second-order valence-corrected chi connectivity index (χ2v) is 6.54. The second kappa shape index (κ2) is 11.1. The number of methoxy groups -OCH3 is 2. The zero-order valence-corrected chi connectivity index (χ0v) is 17.0. The lowest BCUT2D eigenvalue weighted by molar-refractivity contribution is -0.155. The first-order valence-corrected chi connectivity index (χ1v) is 9.43. The average Bonchev–Trinajstić information content (AvgIpc) is 2.76. The lowest BCUT2D eigenvalue weighted by Gasteiger charge is -2.30. The van der Waals surface area contributed by atoms with Crippen molar-refractivity contribution in [3.63, 3.8) is 0 Å². The number of piperidine rings is 1. The topological polar surface area (TPSA) is 91.4 Å². The van der Waals surface area contributed by atoms with Crippen LogP contribution < -0.4 is 9.47 Å². The van der Waals surface area contributed by atoms with E-state index in [1.165, 1.54) is 14.2 Å². The predicted octanol–water partition coefficient (Wildman–Crippen LogP) is 2.06. The molecule has 0 atom stereocenters. The maximum Gasteiger partial charge on any atom is 0.344 e. The number of esters is 2. The van der Waals surface area contributed by atoms with E-state index in [1.54, 1.807) is 17.0 Å². The minimum Gasteiger partial charge on any atom is -0.493 e. The van der Waals surface area contributed by atoms with Crippen LogP contribution in [0.5, 0.6) is 11.5 Å². The number of hydrogen-bond acceptors (Lipinski definition) is 7. The Kier molecular flexibility index (Phi) is 8.51. The highest BCUT2D eigenvalue weighted by Crippen LogP contribution is 2.28. The van der Waals surface area contributed by atoms with Crippen molar-refractivity contribution in [1.82, 2.24) is 4.90 Å². The number of nitrogens with zero attached hydrogens (tertiary/aromatic N) is 1. The summed E-state index contributed by atoms with van der Waals surface area (Å²) in [6, 6.07) is 5.34. The highest BCUT2D eigenvalue weighted by atomic mass is 16.6. The molecule has 0 N–H and O–H groups in total. The highest BCUT2D eigenvalue weighted by Gasteiger charge is 2.28. The quantitative estimate of drug-likeness (QED) is 0.612. The smallest absolute Gasteiger partial charge is 0.344 e. The van der Waals surface area contributed by atoms with Gasteiger partial charge in [-0.2, -0.15) is 0 Å². The number of ether oxygens (including phenoxy) is 4. The average molecular weight is 405 g/mol. The van der Waals surface area contributed by atoms with Gasteiger partial charge in [-0.1, -0.05) is 18.2 Å². The molecule has 1 amide bonds. The normalized spacial score (nSPS) is 14.5. The van der Waals surface area contributed by atoms with Crippen LogP contribution in [0.25, 0.3) is 6.08 Å². The van der Waals surface area contributed by atoms with Gasteiger partial charge in [-0.15, -0.1) is 0 Å². The Bertz CT molecular complexity index is 751. The third-order valence-corrected chi connectivity index (χ3v) is 4.63. The van der Waals surface area contributed by atoms with Crippen LogP contribution in [0.1, 0.15) is 25.3 Å². The zero-order valence-electron chi connectivity index (χ0n) is 17.0. The summed E-state index contributed by atoms with van der Waals surface area (Å²) in [7, 11) is 2.87. The molecule has 1 fully saturated rings. The van der Waals surface area contributed by atoms with Crippen molar-refractivity contribution in [2.75, 3.05) is 40.5 Å². The lowest BCUT2D eigenvalue weighted by atomic mass is 9.97. The Morgan fingerprint density at radius 3 is 2.45 bits per heavy atom. The molecule has 8 heteroatoms. The molecular formula is C21H27NO7. The van der Waals surface area contributed by atoms with Gasteiger partial charge >= 0.3 is 11.9 Å². The number of benzene rings is 1. The molecular weight excluding hydrogens is 378 g/mol. The van der Waals surface area contributed by atoms with Crippen LogP contribution in [0, 0.1) is 5.92 Å². The molecule has 1 aromatic carbocycles. The molecule has 0 saturated carbocycles. The Morgan fingerprint density at radius 1 is 1.10 bits per heavy atom. The van der Waals surface area contributed by atoms with Gasteiger partial charge in [0.05, 0.1) is 20.1 Å². The summed E-state index contributed by atoms with van der Waals surface area (Å²) in [6.07, 6.45) is 4.90. The second-order valence-electron chi connectivity index (χ2n) is 6.54. The van der Waals surface area contributed by atoms with E-state index >= 15 is 0 Å². The van der Waals surface area contributed by atoms with Gasteiger partial charge in [0.1, 0.15) is 0 Å². The fourth-order valence-corrected chi connectivity index (χ4v) is 3.04. The molecule has 0 spiro atoms. The Morgan fingerprint density at radius 2 is 1.83 bits per heavy atom. The number of carbonyl (C=O) groups excluding carboxylic acids is 3. The molecule has 0 aliphatic carbocycles. The van der Waals surface area contributed by atoms with Crippen molar-refractivity contribution in [2.24, 2.45) is 5.92 Å². The van der Waals surface area contributed by atoms with Gasteiger partial charge in [-0.05, 0) is 37.5 Å². The Balaban J connectivity index is 1.76. The number of allylic oxidation sites excluding steroid dienone is 1. The maximum atomic E-state index is 12.2. The Hall–Kier alpha value is -3.03. The van der Waals surface area contributed by atoms with Gasteiger partial charge in [-0.3, -0.25) is 9.59 Å². The molecule has 1 aliphatic heterocycles. The van der Waals surface area contributed by atoms with E-state index in [0.29, 0.717) is 37.4 Å². The summed E-state index contributed by atoms with van der Waals surface area (Å²) in [4.78, 5) is 37.2. The van der Waals surface area contributed by atoms with Crippen LogP contribution in [0.2, 0.25) is 0 Å². The summed E-state index contributed by atoms with van der Waals surface area (Å²) in [5, 5.41) is 0. The molecule has 2 rings (SSSR count).